The first kappa shape index (κ1) is 19.2. The Morgan fingerprint density at radius 3 is 2.20 bits per heavy atom. The normalized spacial score (nSPS) is 10.4. The average Bonchev–Trinajstić information content (AvgIpc) is 2.79. The van der Waals surface area contributed by atoms with Crippen LogP contribution in [0.4, 0.5) is 5.82 Å². The number of ether oxygens (including phenoxy) is 1. The molecule has 0 saturated carbocycles. The van der Waals surface area contributed by atoms with Crippen molar-refractivity contribution in [1.82, 2.24) is 4.98 Å². The standard InChI is InChI=1S/C26H21N3O/c1-18-24(20-12-6-3-7-13-20)25(22(16-27)26(28)29-18)21-14-8-9-15-23(21)30-17-19-10-4-2-5-11-19/h2-15H,17H2,1H3,(H2,28,29). The number of hydrogen-bond acceptors (Lipinski definition) is 4. The van der Waals surface area contributed by atoms with Crippen LogP contribution in [0.1, 0.15) is 16.8 Å². The Morgan fingerprint density at radius 1 is 0.867 bits per heavy atom. The quantitative estimate of drug-likeness (QED) is 0.470. The second-order valence-electron chi connectivity index (χ2n) is 6.96. The molecule has 3 aromatic carbocycles. The van der Waals surface area contributed by atoms with Gasteiger partial charge in [-0.05, 0) is 24.1 Å². The van der Waals surface area contributed by atoms with Gasteiger partial charge in [0.25, 0.3) is 0 Å². The van der Waals surface area contributed by atoms with Crippen molar-refractivity contribution in [2.45, 2.75) is 13.5 Å². The van der Waals surface area contributed by atoms with Gasteiger partial charge in [-0.3, -0.25) is 0 Å². The van der Waals surface area contributed by atoms with Gasteiger partial charge in [-0.25, -0.2) is 4.98 Å². The van der Waals surface area contributed by atoms with Crippen molar-refractivity contribution >= 4 is 5.82 Å². The lowest BCUT2D eigenvalue weighted by Crippen LogP contribution is -2.04. The molecule has 2 N–H and O–H groups in total. The predicted molar refractivity (Wildman–Crippen MR) is 120 cm³/mol. The van der Waals surface area contributed by atoms with Gasteiger partial charge in [-0.15, -0.1) is 0 Å². The number of rotatable bonds is 5. The summed E-state index contributed by atoms with van der Waals surface area (Å²) < 4.78 is 6.18. The number of nitrogens with zero attached hydrogens (tertiary/aromatic N) is 2. The monoisotopic (exact) mass is 391 g/mol. The molecule has 0 aliphatic heterocycles. The molecule has 0 bridgehead atoms. The van der Waals surface area contributed by atoms with E-state index >= 15 is 0 Å². The van der Waals surface area contributed by atoms with E-state index in [1.807, 2.05) is 91.9 Å². The Morgan fingerprint density at radius 2 is 1.50 bits per heavy atom. The van der Waals surface area contributed by atoms with Crippen LogP contribution in [0, 0.1) is 18.3 Å². The maximum atomic E-state index is 9.91. The van der Waals surface area contributed by atoms with Crippen LogP contribution in [0.15, 0.2) is 84.9 Å². The smallest absolute Gasteiger partial charge is 0.142 e. The summed E-state index contributed by atoms with van der Waals surface area (Å²) >= 11 is 0. The molecule has 146 valence electrons. The zero-order chi connectivity index (χ0) is 20.9. The third-order valence-corrected chi connectivity index (χ3v) is 4.97. The van der Waals surface area contributed by atoms with Gasteiger partial charge in [0.05, 0.1) is 0 Å². The van der Waals surface area contributed by atoms with E-state index in [0.717, 1.165) is 33.5 Å². The van der Waals surface area contributed by atoms with Crippen molar-refractivity contribution in [1.29, 1.82) is 5.26 Å². The highest BCUT2D eigenvalue weighted by molar-refractivity contribution is 5.93. The molecule has 0 aliphatic rings. The number of aromatic nitrogens is 1. The van der Waals surface area contributed by atoms with Crippen molar-refractivity contribution in [3.63, 3.8) is 0 Å². The molecule has 0 radical (unpaired) electrons. The van der Waals surface area contributed by atoms with Crippen molar-refractivity contribution in [3.8, 4) is 34.1 Å². The summed E-state index contributed by atoms with van der Waals surface area (Å²) in [4.78, 5) is 4.44. The number of nitriles is 1. The number of anilines is 1. The molecule has 4 heteroatoms. The fraction of sp³-hybridized carbons (Fsp3) is 0.0769. The molecule has 1 heterocycles. The molecule has 0 spiro atoms. The zero-order valence-corrected chi connectivity index (χ0v) is 16.7. The molecular formula is C26H21N3O. The molecule has 4 nitrogen and oxygen atoms in total. The molecular weight excluding hydrogens is 370 g/mol. The zero-order valence-electron chi connectivity index (χ0n) is 16.7. The number of nitrogen functional groups attached to an aromatic ring is 1. The van der Waals surface area contributed by atoms with Crippen molar-refractivity contribution in [2.75, 3.05) is 5.73 Å². The van der Waals surface area contributed by atoms with Gasteiger partial charge >= 0.3 is 0 Å². The van der Waals surface area contributed by atoms with E-state index in [4.69, 9.17) is 10.5 Å². The first-order valence-electron chi connectivity index (χ1n) is 9.70. The van der Waals surface area contributed by atoms with Gasteiger partial charge in [-0.2, -0.15) is 5.26 Å². The lowest BCUT2D eigenvalue weighted by molar-refractivity contribution is 0.307. The Bertz CT molecular complexity index is 1210. The highest BCUT2D eigenvalue weighted by atomic mass is 16.5. The minimum absolute atomic E-state index is 0.225. The van der Waals surface area contributed by atoms with Crippen LogP contribution in [0.5, 0.6) is 5.75 Å². The van der Waals surface area contributed by atoms with Crippen LogP contribution in [-0.4, -0.2) is 4.98 Å². The van der Waals surface area contributed by atoms with Gasteiger partial charge in [0.2, 0.25) is 0 Å². The van der Waals surface area contributed by atoms with Gasteiger partial charge < -0.3 is 10.5 Å². The third kappa shape index (κ3) is 3.74. The Labute approximate surface area is 176 Å². The molecule has 0 atom stereocenters. The predicted octanol–water partition coefficient (Wildman–Crippen LogP) is 5.76. The summed E-state index contributed by atoms with van der Waals surface area (Å²) in [5, 5.41) is 9.91. The highest BCUT2D eigenvalue weighted by Crippen LogP contribution is 2.42. The number of benzene rings is 3. The van der Waals surface area contributed by atoms with E-state index in [9.17, 15) is 5.26 Å². The molecule has 0 saturated heterocycles. The molecule has 4 aromatic rings. The summed E-state index contributed by atoms with van der Waals surface area (Å²) in [6.45, 7) is 2.34. The maximum absolute atomic E-state index is 9.91. The van der Waals surface area contributed by atoms with E-state index in [1.54, 1.807) is 0 Å². The van der Waals surface area contributed by atoms with Crippen LogP contribution in [-0.2, 0) is 6.61 Å². The third-order valence-electron chi connectivity index (χ3n) is 4.97. The Hall–Kier alpha value is -4.10. The Balaban J connectivity index is 1.90. The number of para-hydroxylation sites is 1. The van der Waals surface area contributed by atoms with Gasteiger partial charge in [0.1, 0.15) is 29.8 Å². The fourth-order valence-electron chi connectivity index (χ4n) is 3.60. The summed E-state index contributed by atoms with van der Waals surface area (Å²) in [6.07, 6.45) is 0. The molecule has 1 aromatic heterocycles. The van der Waals surface area contributed by atoms with E-state index in [2.05, 4.69) is 11.1 Å². The highest BCUT2D eigenvalue weighted by Gasteiger charge is 2.21. The number of hydrogen-bond donors (Lipinski definition) is 1. The van der Waals surface area contributed by atoms with Crippen molar-refractivity contribution < 1.29 is 4.74 Å². The summed E-state index contributed by atoms with van der Waals surface area (Å²) in [5.41, 5.74) is 11.8. The van der Waals surface area contributed by atoms with Crippen molar-refractivity contribution in [3.05, 3.63) is 102 Å². The summed E-state index contributed by atoms with van der Waals surface area (Å²) in [5.74, 6) is 0.919. The van der Waals surface area contributed by atoms with Gasteiger partial charge in [0.15, 0.2) is 0 Å². The van der Waals surface area contributed by atoms with Crippen LogP contribution >= 0.6 is 0 Å². The minimum atomic E-state index is 0.225. The maximum Gasteiger partial charge on any atom is 0.142 e. The number of pyridine rings is 1. The molecule has 0 fully saturated rings. The van der Waals surface area contributed by atoms with E-state index in [-0.39, 0.29) is 5.82 Å². The van der Waals surface area contributed by atoms with E-state index in [1.165, 1.54) is 0 Å². The van der Waals surface area contributed by atoms with Crippen LogP contribution in [0.2, 0.25) is 0 Å². The second kappa shape index (κ2) is 8.50. The van der Waals surface area contributed by atoms with Crippen LogP contribution in [0.25, 0.3) is 22.3 Å². The van der Waals surface area contributed by atoms with Gasteiger partial charge in [0, 0.05) is 22.4 Å². The lowest BCUT2D eigenvalue weighted by Gasteiger charge is -2.19. The molecule has 0 amide bonds. The van der Waals surface area contributed by atoms with Gasteiger partial charge in [-0.1, -0.05) is 78.9 Å². The lowest BCUT2D eigenvalue weighted by atomic mass is 9.89. The van der Waals surface area contributed by atoms with E-state index in [0.29, 0.717) is 17.9 Å². The average molecular weight is 391 g/mol. The molecule has 0 aliphatic carbocycles. The second-order valence-corrected chi connectivity index (χ2v) is 6.96. The first-order valence-corrected chi connectivity index (χ1v) is 9.70. The van der Waals surface area contributed by atoms with Crippen molar-refractivity contribution in [2.24, 2.45) is 0 Å². The largest absolute Gasteiger partial charge is 0.488 e. The Kier molecular flexibility index (Phi) is 5.45. The number of aryl methyl sites for hydroxylation is 1. The van der Waals surface area contributed by atoms with Crippen LogP contribution in [0.3, 0.4) is 0 Å². The fourth-order valence-corrected chi connectivity index (χ4v) is 3.60. The molecule has 4 rings (SSSR count). The summed E-state index contributed by atoms with van der Waals surface area (Å²) in [7, 11) is 0. The first-order chi connectivity index (χ1) is 14.7. The SMILES string of the molecule is Cc1nc(N)c(C#N)c(-c2ccccc2OCc2ccccc2)c1-c1ccccc1. The molecule has 0 unspecified atom stereocenters. The van der Waals surface area contributed by atoms with Crippen LogP contribution < -0.4 is 10.5 Å². The minimum Gasteiger partial charge on any atom is -0.488 e. The summed E-state index contributed by atoms with van der Waals surface area (Å²) in [6, 6.07) is 29.9. The molecule has 30 heavy (non-hydrogen) atoms. The topological polar surface area (TPSA) is 71.9 Å². The van der Waals surface area contributed by atoms with E-state index < -0.39 is 0 Å². The number of nitrogens with two attached hydrogens (primary N) is 1.